The summed E-state index contributed by atoms with van der Waals surface area (Å²) in [7, 11) is 0. The number of carbonyl (C=O) groups is 2. The van der Waals surface area contributed by atoms with Crippen LogP contribution in [0.15, 0.2) is 115 Å². The van der Waals surface area contributed by atoms with Crippen molar-refractivity contribution in [1.82, 2.24) is 4.57 Å². The molecule has 7 rings (SSSR count). The van der Waals surface area contributed by atoms with Crippen LogP contribution in [0.1, 0.15) is 47.1 Å². The van der Waals surface area contributed by atoms with Crippen LogP contribution >= 0.6 is 0 Å². The molecule has 4 nitrogen and oxygen atoms in total. The smallest absolute Gasteiger partial charge is 0.268 e. The molecular weight excluding hydrogens is 492 g/mol. The molecule has 0 aliphatic carbocycles. The van der Waals surface area contributed by atoms with Crippen molar-refractivity contribution in [3.05, 3.63) is 132 Å². The van der Waals surface area contributed by atoms with Gasteiger partial charge in [0, 0.05) is 16.3 Å². The molecule has 0 unspecified atom stereocenters. The van der Waals surface area contributed by atoms with Crippen LogP contribution in [0.25, 0.3) is 38.6 Å². The van der Waals surface area contributed by atoms with Crippen molar-refractivity contribution in [2.24, 2.45) is 0 Å². The fourth-order valence-electron chi connectivity index (χ4n) is 5.90. The second kappa shape index (κ2) is 8.78. The van der Waals surface area contributed by atoms with Gasteiger partial charge in [-0.25, -0.2) is 4.90 Å². The maximum atomic E-state index is 14.3. The lowest BCUT2D eigenvalue weighted by molar-refractivity contribution is 0.0926. The standard InChI is InChI=1S/C36H28N2O2/c1-36(2,3)24-20-21-27-26-15-8-10-18-30(26)37(32(27)22-24)31-19-11-16-28-33(31)35(40)38(34(28)39)29-17-9-7-14-25(29)23-12-5-4-6-13-23/h4-22H,1-3H3. The predicted molar refractivity (Wildman–Crippen MR) is 162 cm³/mol. The molecule has 2 amide bonds. The van der Waals surface area contributed by atoms with E-state index in [-0.39, 0.29) is 17.2 Å². The molecule has 2 heterocycles. The number of aromatic nitrogens is 1. The lowest BCUT2D eigenvalue weighted by Gasteiger charge is -2.20. The molecule has 0 saturated carbocycles. The van der Waals surface area contributed by atoms with Gasteiger partial charge in [0.05, 0.1) is 33.5 Å². The SMILES string of the molecule is CC(C)(C)c1ccc2c3ccccc3n(-c3cccc4c3C(=O)N(c3ccccc3-c3ccccc3)C4=O)c2c1. The molecular formula is C36H28N2O2. The number of hydrogen-bond donors (Lipinski definition) is 0. The van der Waals surface area contributed by atoms with Gasteiger partial charge in [0.2, 0.25) is 0 Å². The van der Waals surface area contributed by atoms with Gasteiger partial charge in [-0.05, 0) is 46.9 Å². The topological polar surface area (TPSA) is 42.3 Å². The highest BCUT2D eigenvalue weighted by Crippen LogP contribution is 2.41. The average Bonchev–Trinajstić information content (AvgIpc) is 3.43. The zero-order chi connectivity index (χ0) is 27.6. The van der Waals surface area contributed by atoms with E-state index in [2.05, 4.69) is 55.7 Å². The Morgan fingerprint density at radius 2 is 1.20 bits per heavy atom. The number of anilines is 1. The number of nitrogens with zero attached hydrogens (tertiary/aromatic N) is 2. The highest BCUT2D eigenvalue weighted by atomic mass is 16.2. The van der Waals surface area contributed by atoms with Crippen molar-refractivity contribution in [3.8, 4) is 16.8 Å². The van der Waals surface area contributed by atoms with Crippen molar-refractivity contribution in [1.29, 1.82) is 0 Å². The first-order chi connectivity index (χ1) is 19.3. The second-order valence-corrected chi connectivity index (χ2v) is 11.4. The van der Waals surface area contributed by atoms with E-state index in [9.17, 15) is 9.59 Å². The molecule has 4 heteroatoms. The van der Waals surface area contributed by atoms with E-state index in [1.165, 1.54) is 10.5 Å². The minimum absolute atomic E-state index is 0.0438. The average molecular weight is 521 g/mol. The third kappa shape index (κ3) is 3.53. The van der Waals surface area contributed by atoms with Crippen LogP contribution in [0.2, 0.25) is 0 Å². The summed E-state index contributed by atoms with van der Waals surface area (Å²) in [6.07, 6.45) is 0. The van der Waals surface area contributed by atoms with Crippen molar-refractivity contribution < 1.29 is 9.59 Å². The monoisotopic (exact) mass is 520 g/mol. The van der Waals surface area contributed by atoms with Crippen LogP contribution in [0, 0.1) is 0 Å². The van der Waals surface area contributed by atoms with Gasteiger partial charge in [-0.1, -0.05) is 106 Å². The number of carbonyl (C=O) groups excluding carboxylic acids is 2. The Labute approximate surface area is 233 Å². The number of imide groups is 1. The molecule has 0 bridgehead atoms. The number of rotatable bonds is 3. The maximum Gasteiger partial charge on any atom is 0.268 e. The van der Waals surface area contributed by atoms with E-state index in [1.807, 2.05) is 78.9 Å². The molecule has 1 aromatic heterocycles. The first-order valence-electron chi connectivity index (χ1n) is 13.5. The van der Waals surface area contributed by atoms with Crippen LogP contribution in [-0.2, 0) is 5.41 Å². The molecule has 0 N–H and O–H groups in total. The zero-order valence-corrected chi connectivity index (χ0v) is 22.7. The highest BCUT2D eigenvalue weighted by Gasteiger charge is 2.40. The quantitative estimate of drug-likeness (QED) is 0.219. The van der Waals surface area contributed by atoms with Gasteiger partial charge in [-0.3, -0.25) is 9.59 Å². The molecule has 0 fully saturated rings. The van der Waals surface area contributed by atoms with Crippen LogP contribution in [0.5, 0.6) is 0 Å². The van der Waals surface area contributed by atoms with Gasteiger partial charge in [0.15, 0.2) is 0 Å². The van der Waals surface area contributed by atoms with E-state index in [4.69, 9.17) is 0 Å². The molecule has 6 aromatic rings. The third-order valence-electron chi connectivity index (χ3n) is 7.90. The van der Waals surface area contributed by atoms with Crippen molar-refractivity contribution in [2.75, 3.05) is 4.90 Å². The van der Waals surface area contributed by atoms with Gasteiger partial charge in [-0.2, -0.15) is 0 Å². The molecule has 194 valence electrons. The molecule has 5 aromatic carbocycles. The summed E-state index contributed by atoms with van der Waals surface area (Å²) >= 11 is 0. The molecule has 0 spiro atoms. The number of fused-ring (bicyclic) bond motifs is 4. The van der Waals surface area contributed by atoms with Gasteiger partial charge in [0.1, 0.15) is 0 Å². The van der Waals surface area contributed by atoms with Crippen LogP contribution < -0.4 is 4.90 Å². The maximum absolute atomic E-state index is 14.3. The largest absolute Gasteiger partial charge is 0.308 e. The minimum Gasteiger partial charge on any atom is -0.308 e. The summed E-state index contributed by atoms with van der Waals surface area (Å²) in [5.41, 5.74) is 7.12. The molecule has 0 atom stereocenters. The van der Waals surface area contributed by atoms with E-state index < -0.39 is 0 Å². The summed E-state index contributed by atoms with van der Waals surface area (Å²) < 4.78 is 2.15. The Bertz CT molecular complexity index is 1980. The fraction of sp³-hybridized carbons (Fsp3) is 0.111. The van der Waals surface area contributed by atoms with Crippen LogP contribution in [0.3, 0.4) is 0 Å². The second-order valence-electron chi connectivity index (χ2n) is 11.4. The number of benzene rings is 5. The van der Waals surface area contributed by atoms with Gasteiger partial charge < -0.3 is 4.57 Å². The summed E-state index contributed by atoms with van der Waals surface area (Å²) in [5, 5.41) is 2.22. The van der Waals surface area contributed by atoms with Gasteiger partial charge in [0.25, 0.3) is 11.8 Å². The Balaban J connectivity index is 1.47. The van der Waals surface area contributed by atoms with E-state index in [1.54, 1.807) is 6.07 Å². The highest BCUT2D eigenvalue weighted by molar-refractivity contribution is 6.36. The van der Waals surface area contributed by atoms with Crippen molar-refractivity contribution >= 4 is 39.3 Å². The van der Waals surface area contributed by atoms with E-state index >= 15 is 0 Å². The normalized spacial score (nSPS) is 13.4. The van der Waals surface area contributed by atoms with Crippen molar-refractivity contribution in [2.45, 2.75) is 26.2 Å². The lowest BCUT2D eigenvalue weighted by atomic mass is 9.86. The molecule has 0 saturated heterocycles. The molecule has 1 aliphatic heterocycles. The number of hydrogen-bond acceptors (Lipinski definition) is 2. The molecule has 1 aliphatic rings. The number of para-hydroxylation sites is 2. The Morgan fingerprint density at radius 1 is 0.550 bits per heavy atom. The predicted octanol–water partition coefficient (Wildman–Crippen LogP) is 8.55. The third-order valence-corrected chi connectivity index (χ3v) is 7.90. The summed E-state index contributed by atoms with van der Waals surface area (Å²) in [5.74, 6) is -0.613. The zero-order valence-electron chi connectivity index (χ0n) is 22.7. The molecule has 0 radical (unpaired) electrons. The fourth-order valence-corrected chi connectivity index (χ4v) is 5.90. The van der Waals surface area contributed by atoms with Crippen LogP contribution in [0.4, 0.5) is 5.69 Å². The van der Waals surface area contributed by atoms with Gasteiger partial charge in [-0.15, -0.1) is 0 Å². The molecule has 40 heavy (non-hydrogen) atoms. The van der Waals surface area contributed by atoms with E-state index in [0.717, 1.165) is 32.9 Å². The summed E-state index contributed by atoms with van der Waals surface area (Å²) in [6.45, 7) is 6.60. The van der Waals surface area contributed by atoms with Crippen molar-refractivity contribution in [3.63, 3.8) is 0 Å². The van der Waals surface area contributed by atoms with Crippen LogP contribution in [-0.4, -0.2) is 16.4 Å². The van der Waals surface area contributed by atoms with Gasteiger partial charge >= 0.3 is 0 Å². The Morgan fingerprint density at radius 3 is 2.00 bits per heavy atom. The lowest BCUT2D eigenvalue weighted by Crippen LogP contribution is -2.30. The Kier molecular flexibility index (Phi) is 5.29. The summed E-state index contributed by atoms with van der Waals surface area (Å²) in [4.78, 5) is 29.6. The van der Waals surface area contributed by atoms with E-state index in [0.29, 0.717) is 22.5 Å². The first kappa shape index (κ1) is 24.1. The first-order valence-corrected chi connectivity index (χ1v) is 13.5. The number of amides is 2. The Hall–Kier alpha value is -4.96. The minimum atomic E-state index is -0.308. The summed E-state index contributed by atoms with van der Waals surface area (Å²) in [6, 6.07) is 37.9.